The molecule has 36 valence electrons. The van der Waals surface area contributed by atoms with Gasteiger partial charge in [-0.05, 0) is 12.1 Å². The molecule has 1 heterocycles. The largest absolute Gasteiger partial charge is 0.293 e. The lowest BCUT2D eigenvalue weighted by Crippen LogP contribution is -2.00. The molecular formula is C5H5NO. The lowest BCUT2D eigenvalue weighted by molar-refractivity contribution is -0.113. The van der Waals surface area contributed by atoms with Gasteiger partial charge < -0.3 is 0 Å². The molecule has 7 heavy (non-hydrogen) atoms. The highest BCUT2D eigenvalue weighted by Crippen LogP contribution is 1.82. The Bertz CT molecular complexity index is 171. The van der Waals surface area contributed by atoms with Gasteiger partial charge in [-0.3, -0.25) is 9.79 Å². The molecule has 0 aromatic heterocycles. The molecule has 0 unspecified atom stereocenters. The molecule has 0 aromatic carbocycles. The smallest absolute Gasteiger partial charge is 0.177 e. The third-order valence-electron chi connectivity index (χ3n) is 0.657. The van der Waals surface area contributed by atoms with Crippen molar-refractivity contribution in [3.8, 4) is 0 Å². The van der Waals surface area contributed by atoms with E-state index in [9.17, 15) is 4.79 Å². The number of aliphatic imine (C=N–C) groups is 1. The van der Waals surface area contributed by atoms with Crippen LogP contribution in [0, 0.1) is 0 Å². The fraction of sp³-hybridized carbons (Fsp3) is 0.200. The number of hydrogen-bond donors (Lipinski definition) is 0. The van der Waals surface area contributed by atoms with Gasteiger partial charge in [-0.2, -0.15) is 0 Å². The molecule has 0 saturated heterocycles. The van der Waals surface area contributed by atoms with Gasteiger partial charge in [0.05, 0.1) is 1.37 Å². The molecule has 0 aliphatic carbocycles. The molecule has 0 N–H and O–H groups in total. The van der Waals surface area contributed by atoms with Crippen LogP contribution in [0.1, 0.15) is 1.37 Å². The van der Waals surface area contributed by atoms with Crippen molar-refractivity contribution in [3.63, 3.8) is 0 Å². The number of carbonyl (C=O) groups is 1. The number of nitrogens with zero attached hydrogens (tertiary/aromatic N) is 1. The van der Waals surface area contributed by atoms with Crippen LogP contribution in [0.4, 0.5) is 0 Å². The van der Waals surface area contributed by atoms with Gasteiger partial charge in [0.2, 0.25) is 0 Å². The number of rotatable bonds is 0. The monoisotopic (exact) mass is 96.0 g/mol. The Labute approximate surface area is 43.0 Å². The molecule has 0 saturated carbocycles. The lowest BCUT2D eigenvalue weighted by Gasteiger charge is -1.88. The van der Waals surface area contributed by atoms with Crippen molar-refractivity contribution >= 4 is 12.0 Å². The average molecular weight is 96.1 g/mol. The van der Waals surface area contributed by atoms with Crippen molar-refractivity contribution in [2.75, 3.05) is 6.54 Å². The fourth-order valence-electron chi connectivity index (χ4n) is 0.364. The maximum Gasteiger partial charge on any atom is 0.177 e. The Balaban J connectivity index is 2.77. The van der Waals surface area contributed by atoms with E-state index in [4.69, 9.17) is 1.37 Å². The van der Waals surface area contributed by atoms with Crippen molar-refractivity contribution in [1.82, 2.24) is 0 Å². The second kappa shape index (κ2) is 1.69. The van der Waals surface area contributed by atoms with E-state index in [2.05, 4.69) is 4.99 Å². The molecule has 0 bridgehead atoms. The summed E-state index contributed by atoms with van der Waals surface area (Å²) < 4.78 is 6.89. The van der Waals surface area contributed by atoms with E-state index >= 15 is 0 Å². The second-order valence-electron chi connectivity index (χ2n) is 1.25. The molecule has 1 aliphatic heterocycles. The van der Waals surface area contributed by atoms with Crippen molar-refractivity contribution in [2.24, 2.45) is 4.99 Å². The third kappa shape index (κ3) is 0.961. The van der Waals surface area contributed by atoms with Gasteiger partial charge in [0.15, 0.2) is 5.78 Å². The van der Waals surface area contributed by atoms with Crippen LogP contribution in [0.3, 0.4) is 0 Å². The van der Waals surface area contributed by atoms with Crippen LogP contribution in [0.25, 0.3) is 0 Å². The Morgan fingerprint density at radius 3 is 3.29 bits per heavy atom. The summed E-state index contributed by atoms with van der Waals surface area (Å²) in [4.78, 5) is 14.0. The molecule has 0 spiro atoms. The number of hydrogen-bond acceptors (Lipinski definition) is 2. The summed E-state index contributed by atoms with van der Waals surface area (Å²) in [5.41, 5.74) is 0. The number of ketones is 1. The van der Waals surface area contributed by atoms with Crippen LogP contribution in [-0.2, 0) is 4.79 Å². The predicted molar refractivity (Wildman–Crippen MR) is 27.5 cm³/mol. The summed E-state index contributed by atoms with van der Waals surface area (Å²) in [6, 6.07) is 0.196. The van der Waals surface area contributed by atoms with Gasteiger partial charge in [-0.15, -0.1) is 0 Å². The molecular weight excluding hydrogens is 90.1 g/mol. The van der Waals surface area contributed by atoms with E-state index in [0.29, 0.717) is 0 Å². The molecule has 2 heteroatoms. The first-order chi connectivity index (χ1) is 3.79. The number of dihydropyridines is 1. The normalized spacial score (nSPS) is 21.4. The van der Waals surface area contributed by atoms with Gasteiger partial charge in [-0.1, -0.05) is 0 Å². The summed E-state index contributed by atoms with van der Waals surface area (Å²) in [5.74, 6) is -0.0856. The molecule has 0 radical (unpaired) electrons. The van der Waals surface area contributed by atoms with E-state index in [1.54, 1.807) is 0 Å². The van der Waals surface area contributed by atoms with Gasteiger partial charge in [0.25, 0.3) is 0 Å². The van der Waals surface area contributed by atoms with Gasteiger partial charge in [-0.25, -0.2) is 0 Å². The Hall–Kier alpha value is -0.920. The molecule has 2 nitrogen and oxygen atoms in total. The standard InChI is InChI=1S/C5H5NO/c7-5-2-1-3-6-4-5/h1-3H,4H2/i1D. The van der Waals surface area contributed by atoms with Crippen LogP contribution >= 0.6 is 0 Å². The number of carbonyl (C=O) groups excluding carboxylic acids is 1. The average Bonchev–Trinajstić information content (AvgIpc) is 1.64. The van der Waals surface area contributed by atoms with E-state index in [-0.39, 0.29) is 18.4 Å². The summed E-state index contributed by atoms with van der Waals surface area (Å²) in [5, 5.41) is 0. The zero-order chi connectivity index (χ0) is 5.98. The zero-order valence-electron chi connectivity index (χ0n) is 4.72. The van der Waals surface area contributed by atoms with Gasteiger partial charge >= 0.3 is 0 Å². The highest BCUT2D eigenvalue weighted by Gasteiger charge is 1.93. The minimum absolute atomic E-state index is 0.0856. The van der Waals surface area contributed by atoms with Crippen molar-refractivity contribution in [3.05, 3.63) is 12.1 Å². The summed E-state index contributed by atoms with van der Waals surface area (Å²) in [7, 11) is 0. The topological polar surface area (TPSA) is 29.4 Å². The quantitative estimate of drug-likeness (QED) is 0.423. The minimum Gasteiger partial charge on any atom is -0.293 e. The first-order valence-corrected chi connectivity index (χ1v) is 2.00. The summed E-state index contributed by atoms with van der Waals surface area (Å²) >= 11 is 0. The summed E-state index contributed by atoms with van der Waals surface area (Å²) in [6.45, 7) is 0.211. The van der Waals surface area contributed by atoms with Crippen molar-refractivity contribution in [2.45, 2.75) is 0 Å². The molecule has 1 aliphatic rings. The first kappa shape index (κ1) is 3.13. The van der Waals surface area contributed by atoms with Gasteiger partial charge in [0.1, 0.15) is 6.54 Å². The second-order valence-corrected chi connectivity index (χ2v) is 1.25. The first-order valence-electron chi connectivity index (χ1n) is 2.50. The van der Waals surface area contributed by atoms with Crippen LogP contribution in [-0.4, -0.2) is 18.5 Å². The third-order valence-corrected chi connectivity index (χ3v) is 0.657. The SMILES string of the molecule is [2H]C1=CC(=O)CN=C1. The molecule has 0 aromatic rings. The predicted octanol–water partition coefficient (Wildman–Crippen LogP) is 0.196. The lowest BCUT2D eigenvalue weighted by atomic mass is 10.3. The van der Waals surface area contributed by atoms with Crippen LogP contribution in [0.5, 0.6) is 0 Å². The Morgan fingerprint density at radius 2 is 2.86 bits per heavy atom. The minimum atomic E-state index is -0.0856. The highest BCUT2D eigenvalue weighted by atomic mass is 16.1. The number of allylic oxidation sites excluding steroid dienone is 1. The molecule has 1 rings (SSSR count). The van der Waals surface area contributed by atoms with Gasteiger partial charge in [0, 0.05) is 6.21 Å². The fourth-order valence-corrected chi connectivity index (χ4v) is 0.364. The maximum atomic E-state index is 10.4. The van der Waals surface area contributed by atoms with E-state index in [1.165, 1.54) is 12.3 Å². The zero-order valence-corrected chi connectivity index (χ0v) is 3.72. The van der Waals surface area contributed by atoms with Crippen LogP contribution in [0.15, 0.2) is 17.1 Å². The molecule has 0 amide bonds. The molecule has 0 atom stereocenters. The van der Waals surface area contributed by atoms with E-state index in [1.807, 2.05) is 0 Å². The van der Waals surface area contributed by atoms with Crippen LogP contribution < -0.4 is 0 Å². The highest BCUT2D eigenvalue weighted by molar-refractivity contribution is 5.98. The molecule has 0 fully saturated rings. The summed E-state index contributed by atoms with van der Waals surface area (Å²) in [6.07, 6.45) is 2.65. The Kier molecular flexibility index (Phi) is 0.754. The van der Waals surface area contributed by atoms with Crippen molar-refractivity contribution < 1.29 is 6.17 Å². The van der Waals surface area contributed by atoms with Crippen molar-refractivity contribution in [1.29, 1.82) is 0 Å². The Morgan fingerprint density at radius 1 is 2.00 bits per heavy atom. The van der Waals surface area contributed by atoms with E-state index < -0.39 is 0 Å². The maximum absolute atomic E-state index is 10.4. The van der Waals surface area contributed by atoms with E-state index in [0.717, 1.165) is 0 Å². The van der Waals surface area contributed by atoms with Crippen LogP contribution in [0.2, 0.25) is 0 Å².